The number of anilines is 2. The topological polar surface area (TPSA) is 54.8 Å². The Kier molecular flexibility index (Phi) is 26.2. The van der Waals surface area contributed by atoms with Gasteiger partial charge in [-0.1, -0.05) is 80.0 Å². The summed E-state index contributed by atoms with van der Waals surface area (Å²) in [5, 5.41) is 0. The standard InChI is InChI=1S/C20H27N3.C19H24N2O.C2H5N.3C2H6.C2H4/c1-12-10-13(2)20(11-19(12)15(4)21-8)23-17(6)14(3)16(5)22(9)18(23)7;1-11-9-12(2)19(10-18(11)16(6)22)21-15(5)13(3)14(4)20(8)17(21)7;1-3-2;4*1-2/h10-11H,6-7H2,1-5,8-9H3;9-10H,5,7H2,1-4,6,8H3;1H2,2H3;3*1-2H3;1-2H2. The molecule has 2 heterocycles. The van der Waals surface area contributed by atoms with Gasteiger partial charge < -0.3 is 14.8 Å². The van der Waals surface area contributed by atoms with Crippen molar-refractivity contribution < 1.29 is 4.79 Å². The van der Waals surface area contributed by atoms with Crippen LogP contribution in [0.4, 0.5) is 11.4 Å². The Hall–Kier alpha value is -5.17. The van der Waals surface area contributed by atoms with Crippen LogP contribution in [-0.4, -0.2) is 56.2 Å². The third-order valence-electron chi connectivity index (χ3n) is 9.46. The number of carbonyl (C=O) groups is 1. The lowest BCUT2D eigenvalue weighted by atomic mass is 9.98. The molecule has 0 saturated carbocycles. The zero-order valence-electron chi connectivity index (χ0n) is 39.4. The van der Waals surface area contributed by atoms with Gasteiger partial charge in [0.2, 0.25) is 0 Å². The summed E-state index contributed by atoms with van der Waals surface area (Å²) in [5.74, 6) is 1.83. The third kappa shape index (κ3) is 13.0. The molecule has 310 valence electrons. The lowest BCUT2D eigenvalue weighted by molar-refractivity contribution is 0.101. The van der Waals surface area contributed by atoms with E-state index in [1.807, 2.05) is 100 Å². The SMILES string of the molecule is C=C.C=C1C(C)=C(C)N(C)C(=C)N1c1cc(C(C)=NC)c(C)cc1C.C=C1C(C)=C(C)N(C)C(=C)N1c1cc(C(C)=O)c(C)cc1C.C=NC.CC.CC.CC. The van der Waals surface area contributed by atoms with Gasteiger partial charge in [0.05, 0.1) is 11.4 Å². The lowest BCUT2D eigenvalue weighted by Crippen LogP contribution is -2.37. The van der Waals surface area contributed by atoms with Crippen molar-refractivity contribution in [3.63, 3.8) is 0 Å². The van der Waals surface area contributed by atoms with Crippen LogP contribution in [0.15, 0.2) is 119 Å². The molecule has 4 rings (SSSR count). The predicted octanol–water partition coefficient (Wildman–Crippen LogP) is 13.5. The number of allylic oxidation sites excluding steroid dienone is 4. The Morgan fingerprint density at radius 1 is 0.554 bits per heavy atom. The molecule has 0 spiro atoms. The lowest BCUT2D eigenvalue weighted by Gasteiger charge is -2.41. The Bertz CT molecular complexity index is 1800. The minimum absolute atomic E-state index is 0.0729. The summed E-state index contributed by atoms with van der Waals surface area (Å²) in [6.07, 6.45) is 0. The molecule has 0 fully saturated rings. The number of Topliss-reactive ketones (excluding diaryl/α,β-unsaturated/α-hetero) is 1. The van der Waals surface area contributed by atoms with Gasteiger partial charge in [-0.3, -0.25) is 19.6 Å². The highest BCUT2D eigenvalue weighted by Crippen LogP contribution is 2.39. The number of ketones is 1. The second-order valence-electron chi connectivity index (χ2n) is 12.5. The third-order valence-corrected chi connectivity index (χ3v) is 9.46. The number of carbonyl (C=O) groups excluding carboxylic acids is 1. The van der Waals surface area contributed by atoms with Gasteiger partial charge >= 0.3 is 0 Å². The number of aliphatic imine (C=N–C) groups is 2. The summed E-state index contributed by atoms with van der Waals surface area (Å²) >= 11 is 0. The Balaban J connectivity index is -0.000000803. The second-order valence-corrected chi connectivity index (χ2v) is 12.5. The van der Waals surface area contributed by atoms with Crippen LogP contribution in [0.3, 0.4) is 0 Å². The maximum absolute atomic E-state index is 11.9. The summed E-state index contributed by atoms with van der Waals surface area (Å²) in [6.45, 7) is 58.3. The predicted molar refractivity (Wildman–Crippen MR) is 255 cm³/mol. The molecule has 0 atom stereocenters. The van der Waals surface area contributed by atoms with Crippen LogP contribution in [0, 0.1) is 27.7 Å². The van der Waals surface area contributed by atoms with Crippen molar-refractivity contribution in [1.29, 1.82) is 0 Å². The fourth-order valence-electron chi connectivity index (χ4n) is 5.88. The van der Waals surface area contributed by atoms with E-state index in [-0.39, 0.29) is 5.78 Å². The van der Waals surface area contributed by atoms with Crippen LogP contribution in [0.1, 0.15) is 121 Å². The molecule has 0 saturated heterocycles. The van der Waals surface area contributed by atoms with Crippen LogP contribution >= 0.6 is 0 Å². The summed E-state index contributed by atoms with van der Waals surface area (Å²) in [4.78, 5) is 27.8. The number of aryl methyl sites for hydroxylation is 4. The maximum atomic E-state index is 11.9. The monoisotopic (exact) mass is 767 g/mol. The van der Waals surface area contributed by atoms with Crippen LogP contribution < -0.4 is 9.80 Å². The van der Waals surface area contributed by atoms with Crippen molar-refractivity contribution in [2.45, 2.75) is 111 Å². The highest BCUT2D eigenvalue weighted by Gasteiger charge is 2.29. The van der Waals surface area contributed by atoms with Crippen LogP contribution in [0.5, 0.6) is 0 Å². The van der Waals surface area contributed by atoms with Gasteiger partial charge in [-0.25, -0.2) is 0 Å². The van der Waals surface area contributed by atoms with Gasteiger partial charge in [0.1, 0.15) is 11.6 Å². The van der Waals surface area contributed by atoms with E-state index in [0.717, 1.165) is 68.1 Å². The molecule has 0 bridgehead atoms. The summed E-state index contributed by atoms with van der Waals surface area (Å²) in [7, 11) is 7.51. The number of nitrogens with zero attached hydrogens (tertiary/aromatic N) is 6. The summed E-state index contributed by atoms with van der Waals surface area (Å²) < 4.78 is 0. The van der Waals surface area contributed by atoms with Crippen molar-refractivity contribution in [2.75, 3.05) is 38.0 Å². The Morgan fingerprint density at radius 2 is 0.839 bits per heavy atom. The number of hydrogen-bond acceptors (Lipinski definition) is 7. The van der Waals surface area contributed by atoms with Crippen LogP contribution in [0.2, 0.25) is 0 Å². The number of hydrogen-bond donors (Lipinski definition) is 0. The van der Waals surface area contributed by atoms with Gasteiger partial charge in [0.15, 0.2) is 5.78 Å². The molecule has 0 aliphatic carbocycles. The maximum Gasteiger partial charge on any atom is 0.160 e. The molecule has 7 nitrogen and oxygen atoms in total. The van der Waals surface area contributed by atoms with Crippen molar-refractivity contribution in [3.8, 4) is 0 Å². The first-order valence-electron chi connectivity index (χ1n) is 19.5. The molecule has 7 heteroatoms. The first-order valence-corrected chi connectivity index (χ1v) is 19.5. The largest absolute Gasteiger partial charge is 0.335 e. The zero-order chi connectivity index (χ0) is 44.9. The van der Waals surface area contributed by atoms with Crippen LogP contribution in [0.25, 0.3) is 0 Å². The van der Waals surface area contributed by atoms with Gasteiger partial charge in [-0.2, -0.15) is 0 Å². The Labute approximate surface area is 344 Å². The van der Waals surface area contributed by atoms with Gasteiger partial charge in [0, 0.05) is 67.8 Å². The zero-order valence-corrected chi connectivity index (χ0v) is 39.4. The highest BCUT2D eigenvalue weighted by atomic mass is 16.1. The average molecular weight is 767 g/mol. The molecule has 56 heavy (non-hydrogen) atoms. The Morgan fingerprint density at radius 3 is 1.12 bits per heavy atom. The fraction of sp³-hybridized carbons (Fsp3) is 0.408. The van der Waals surface area contributed by atoms with Gasteiger partial charge in [-0.15, -0.1) is 13.2 Å². The van der Waals surface area contributed by atoms with Crippen molar-refractivity contribution in [1.82, 2.24) is 9.80 Å². The molecule has 0 radical (unpaired) electrons. The van der Waals surface area contributed by atoms with E-state index in [0.29, 0.717) is 0 Å². The normalized spacial score (nSPS) is 13.6. The fourth-order valence-corrected chi connectivity index (χ4v) is 5.88. The molecule has 0 amide bonds. The molecular formula is C49H78N6O. The van der Waals surface area contributed by atoms with Gasteiger partial charge in [0.25, 0.3) is 0 Å². The molecule has 2 aliphatic rings. The van der Waals surface area contributed by atoms with E-state index in [4.69, 9.17) is 0 Å². The van der Waals surface area contributed by atoms with Gasteiger partial charge in [-0.05, 0) is 121 Å². The first kappa shape index (κ1) is 55.2. The quantitative estimate of drug-likeness (QED) is 0.176. The number of rotatable bonds is 4. The average Bonchev–Trinajstić information content (AvgIpc) is 3.19. The van der Waals surface area contributed by atoms with E-state index >= 15 is 0 Å². The minimum atomic E-state index is 0.0729. The van der Waals surface area contributed by atoms with Crippen LogP contribution in [-0.2, 0) is 0 Å². The van der Waals surface area contributed by atoms with E-state index in [9.17, 15) is 4.79 Å². The number of benzene rings is 2. The van der Waals surface area contributed by atoms with E-state index < -0.39 is 0 Å². The molecule has 2 aromatic rings. The molecular weight excluding hydrogens is 689 g/mol. The van der Waals surface area contributed by atoms with Crippen molar-refractivity contribution in [2.24, 2.45) is 9.98 Å². The van der Waals surface area contributed by atoms with E-state index in [2.05, 4.69) is 125 Å². The molecule has 0 aromatic heterocycles. The first-order chi connectivity index (χ1) is 26.3. The van der Waals surface area contributed by atoms with E-state index in [1.165, 1.54) is 28.0 Å². The summed E-state index contributed by atoms with van der Waals surface area (Å²) in [5.41, 5.74) is 16.1. The van der Waals surface area contributed by atoms with E-state index in [1.54, 1.807) is 14.0 Å². The molecule has 2 aromatic carbocycles. The van der Waals surface area contributed by atoms with Crippen molar-refractivity contribution >= 4 is 29.6 Å². The summed E-state index contributed by atoms with van der Waals surface area (Å²) in [6, 6.07) is 8.41. The molecule has 2 aliphatic heterocycles. The molecule has 0 unspecified atom stereocenters. The molecule has 0 N–H and O–H groups in total. The smallest absolute Gasteiger partial charge is 0.160 e. The minimum Gasteiger partial charge on any atom is -0.335 e. The highest BCUT2D eigenvalue weighted by molar-refractivity contribution is 6.01. The second kappa shape index (κ2) is 26.6. The van der Waals surface area contributed by atoms with Crippen molar-refractivity contribution in [3.05, 3.63) is 143 Å².